The third-order valence-corrected chi connectivity index (χ3v) is 3.72. The summed E-state index contributed by atoms with van der Waals surface area (Å²) in [6, 6.07) is 8.21. The summed E-state index contributed by atoms with van der Waals surface area (Å²) in [4.78, 5) is 0. The Morgan fingerprint density at radius 1 is 1.29 bits per heavy atom. The van der Waals surface area contributed by atoms with E-state index >= 15 is 0 Å². The molecule has 17 heavy (non-hydrogen) atoms. The second-order valence-corrected chi connectivity index (χ2v) is 4.77. The molecule has 0 saturated heterocycles. The smallest absolute Gasteiger partial charge is 0.123 e. The number of hydrogen-bond acceptors (Lipinski definition) is 2. The van der Waals surface area contributed by atoms with Crippen LogP contribution in [-0.2, 0) is 6.54 Å². The van der Waals surface area contributed by atoms with E-state index in [0.717, 1.165) is 18.8 Å². The maximum Gasteiger partial charge on any atom is 0.123 e. The van der Waals surface area contributed by atoms with Crippen LogP contribution in [0.4, 0.5) is 0 Å². The van der Waals surface area contributed by atoms with Crippen molar-refractivity contribution in [3.05, 3.63) is 29.8 Å². The summed E-state index contributed by atoms with van der Waals surface area (Å²) in [6.45, 7) is 4.34. The molecule has 2 rings (SSSR count). The molecule has 1 aromatic carbocycles. The van der Waals surface area contributed by atoms with E-state index in [0.29, 0.717) is 5.41 Å². The fourth-order valence-electron chi connectivity index (χ4n) is 2.14. The summed E-state index contributed by atoms with van der Waals surface area (Å²) in [5, 5.41) is 3.55. The summed E-state index contributed by atoms with van der Waals surface area (Å²) >= 11 is 0. The van der Waals surface area contributed by atoms with Crippen LogP contribution in [0.15, 0.2) is 24.3 Å². The Balaban J connectivity index is 0.00000144. The lowest BCUT2D eigenvalue weighted by atomic mass is 10.0. The molecule has 0 unspecified atom stereocenters. The van der Waals surface area contributed by atoms with Crippen molar-refractivity contribution < 1.29 is 4.74 Å². The van der Waals surface area contributed by atoms with Gasteiger partial charge in [-0.25, -0.2) is 0 Å². The molecule has 0 heterocycles. The first kappa shape index (κ1) is 14.3. The fraction of sp³-hybridized carbons (Fsp3) is 0.571. The van der Waals surface area contributed by atoms with E-state index in [1.807, 2.05) is 12.1 Å². The number of para-hydroxylation sites is 1. The normalized spacial score (nSPS) is 16.1. The van der Waals surface area contributed by atoms with Crippen molar-refractivity contribution >= 4 is 12.4 Å². The van der Waals surface area contributed by atoms with E-state index < -0.39 is 0 Å². The standard InChI is InChI=1S/C14H21NO.ClH/c1-3-14(8-9-14)11-15-10-12-6-4-5-7-13(12)16-2;/h4-7,15H,3,8-11H2,1-2H3;1H. The molecular weight excluding hydrogens is 234 g/mol. The molecule has 2 nitrogen and oxygen atoms in total. The van der Waals surface area contributed by atoms with Gasteiger partial charge in [0.05, 0.1) is 7.11 Å². The zero-order valence-corrected chi connectivity index (χ0v) is 11.5. The molecule has 0 radical (unpaired) electrons. The largest absolute Gasteiger partial charge is 0.496 e. The molecule has 1 N–H and O–H groups in total. The topological polar surface area (TPSA) is 21.3 Å². The Morgan fingerprint density at radius 3 is 2.59 bits per heavy atom. The number of hydrogen-bond donors (Lipinski definition) is 1. The highest BCUT2D eigenvalue weighted by molar-refractivity contribution is 5.85. The zero-order valence-electron chi connectivity index (χ0n) is 10.7. The Bertz CT molecular complexity index is 350. The van der Waals surface area contributed by atoms with Gasteiger partial charge < -0.3 is 10.1 Å². The van der Waals surface area contributed by atoms with E-state index in [4.69, 9.17) is 4.74 Å². The van der Waals surface area contributed by atoms with Gasteiger partial charge in [0.25, 0.3) is 0 Å². The molecule has 1 fully saturated rings. The number of ether oxygens (including phenoxy) is 1. The molecular formula is C14H22ClNO. The molecule has 96 valence electrons. The first-order valence-corrected chi connectivity index (χ1v) is 6.12. The van der Waals surface area contributed by atoms with Crippen molar-refractivity contribution in [3.8, 4) is 5.75 Å². The Morgan fingerprint density at radius 2 is 2.00 bits per heavy atom. The third kappa shape index (κ3) is 3.62. The van der Waals surface area contributed by atoms with Crippen LogP contribution in [-0.4, -0.2) is 13.7 Å². The summed E-state index contributed by atoms with van der Waals surface area (Å²) in [6.07, 6.45) is 4.08. The van der Waals surface area contributed by atoms with Gasteiger partial charge in [0, 0.05) is 18.7 Å². The second kappa shape index (κ2) is 6.27. The van der Waals surface area contributed by atoms with Crippen LogP contribution in [0.3, 0.4) is 0 Å². The Kier molecular flexibility index (Phi) is 5.29. The Labute approximate surface area is 110 Å². The predicted octanol–water partition coefficient (Wildman–Crippen LogP) is 3.40. The summed E-state index contributed by atoms with van der Waals surface area (Å²) in [7, 11) is 1.73. The van der Waals surface area contributed by atoms with Crippen molar-refractivity contribution in [1.29, 1.82) is 0 Å². The van der Waals surface area contributed by atoms with Gasteiger partial charge in [-0.05, 0) is 30.7 Å². The number of benzene rings is 1. The maximum absolute atomic E-state index is 5.33. The van der Waals surface area contributed by atoms with Gasteiger partial charge in [0.1, 0.15) is 5.75 Å². The van der Waals surface area contributed by atoms with Gasteiger partial charge in [-0.2, -0.15) is 0 Å². The first-order valence-electron chi connectivity index (χ1n) is 6.12. The van der Waals surface area contributed by atoms with Gasteiger partial charge in [0.15, 0.2) is 0 Å². The summed E-state index contributed by atoms with van der Waals surface area (Å²) in [5.74, 6) is 0.983. The Hall–Kier alpha value is -0.730. The lowest BCUT2D eigenvalue weighted by molar-refractivity contribution is 0.402. The minimum Gasteiger partial charge on any atom is -0.496 e. The highest BCUT2D eigenvalue weighted by atomic mass is 35.5. The number of rotatable bonds is 6. The highest BCUT2D eigenvalue weighted by Gasteiger charge is 2.39. The van der Waals surface area contributed by atoms with Crippen LogP contribution >= 0.6 is 12.4 Å². The van der Waals surface area contributed by atoms with E-state index in [-0.39, 0.29) is 12.4 Å². The average molecular weight is 256 g/mol. The van der Waals surface area contributed by atoms with Gasteiger partial charge in [-0.15, -0.1) is 12.4 Å². The van der Waals surface area contributed by atoms with Gasteiger partial charge >= 0.3 is 0 Å². The van der Waals surface area contributed by atoms with E-state index in [2.05, 4.69) is 24.4 Å². The summed E-state index contributed by atoms with van der Waals surface area (Å²) in [5.41, 5.74) is 1.86. The quantitative estimate of drug-likeness (QED) is 0.841. The highest BCUT2D eigenvalue weighted by Crippen LogP contribution is 2.47. The molecule has 0 aromatic heterocycles. The number of methoxy groups -OCH3 is 1. The molecule has 1 aliphatic rings. The third-order valence-electron chi connectivity index (χ3n) is 3.72. The second-order valence-electron chi connectivity index (χ2n) is 4.77. The van der Waals surface area contributed by atoms with Crippen LogP contribution in [0, 0.1) is 5.41 Å². The van der Waals surface area contributed by atoms with Crippen LogP contribution < -0.4 is 10.1 Å². The van der Waals surface area contributed by atoms with Crippen molar-refractivity contribution in [1.82, 2.24) is 5.32 Å². The predicted molar refractivity (Wildman–Crippen MR) is 73.9 cm³/mol. The molecule has 0 atom stereocenters. The van der Waals surface area contributed by atoms with E-state index in [1.54, 1.807) is 7.11 Å². The average Bonchev–Trinajstić information content (AvgIpc) is 3.10. The van der Waals surface area contributed by atoms with Crippen molar-refractivity contribution in [3.63, 3.8) is 0 Å². The number of halogens is 1. The van der Waals surface area contributed by atoms with E-state index in [1.165, 1.54) is 24.8 Å². The van der Waals surface area contributed by atoms with Crippen molar-refractivity contribution in [2.45, 2.75) is 32.7 Å². The molecule has 1 aliphatic carbocycles. The van der Waals surface area contributed by atoms with E-state index in [9.17, 15) is 0 Å². The van der Waals surface area contributed by atoms with Crippen LogP contribution in [0.25, 0.3) is 0 Å². The molecule has 1 saturated carbocycles. The minimum atomic E-state index is 0. The van der Waals surface area contributed by atoms with Crippen molar-refractivity contribution in [2.24, 2.45) is 5.41 Å². The van der Waals surface area contributed by atoms with Crippen LogP contribution in [0.1, 0.15) is 31.7 Å². The van der Waals surface area contributed by atoms with Crippen LogP contribution in [0.5, 0.6) is 5.75 Å². The van der Waals surface area contributed by atoms with Gasteiger partial charge in [-0.1, -0.05) is 25.1 Å². The monoisotopic (exact) mass is 255 g/mol. The lowest BCUT2D eigenvalue weighted by Crippen LogP contribution is -2.23. The van der Waals surface area contributed by atoms with Crippen LogP contribution in [0.2, 0.25) is 0 Å². The van der Waals surface area contributed by atoms with Crippen molar-refractivity contribution in [2.75, 3.05) is 13.7 Å². The molecule has 1 aromatic rings. The summed E-state index contributed by atoms with van der Waals surface area (Å²) < 4.78 is 5.33. The fourth-order valence-corrected chi connectivity index (χ4v) is 2.14. The molecule has 3 heteroatoms. The number of nitrogens with one attached hydrogen (secondary N) is 1. The molecule has 0 bridgehead atoms. The minimum absolute atomic E-state index is 0. The lowest BCUT2D eigenvalue weighted by Gasteiger charge is -2.14. The van der Waals surface area contributed by atoms with Gasteiger partial charge in [0.2, 0.25) is 0 Å². The zero-order chi connectivity index (χ0) is 11.4. The first-order chi connectivity index (χ1) is 7.79. The SMILES string of the molecule is CCC1(CNCc2ccccc2OC)CC1.Cl. The van der Waals surface area contributed by atoms with Gasteiger partial charge in [-0.3, -0.25) is 0 Å². The molecule has 0 amide bonds. The maximum atomic E-state index is 5.33. The molecule has 0 spiro atoms. The molecule has 0 aliphatic heterocycles.